The smallest absolute Gasteiger partial charge is 0.183 e. The molecule has 2 heterocycles. The van der Waals surface area contributed by atoms with Crippen molar-refractivity contribution in [3.8, 4) is 5.69 Å². The van der Waals surface area contributed by atoms with Crippen LogP contribution < -0.4 is 0 Å². The predicted octanol–water partition coefficient (Wildman–Crippen LogP) is 4.88. The van der Waals surface area contributed by atoms with Gasteiger partial charge in [-0.2, -0.15) is 0 Å². The first-order chi connectivity index (χ1) is 10.2. The highest BCUT2D eigenvalue weighted by Crippen LogP contribution is 2.29. The van der Waals surface area contributed by atoms with E-state index in [-0.39, 0.29) is 0 Å². The summed E-state index contributed by atoms with van der Waals surface area (Å²) < 4.78 is 1.69. The van der Waals surface area contributed by atoms with Crippen LogP contribution in [0.15, 0.2) is 54.6 Å². The second-order valence-electron chi connectivity index (χ2n) is 4.73. The van der Waals surface area contributed by atoms with Crippen LogP contribution in [0.3, 0.4) is 0 Å². The summed E-state index contributed by atoms with van der Waals surface area (Å²) in [5.41, 5.74) is 2.38. The van der Waals surface area contributed by atoms with Crippen LogP contribution in [0.25, 0.3) is 27.6 Å². The minimum absolute atomic E-state index is 0.547. The number of halogens is 2. The average molecular weight is 314 g/mol. The van der Waals surface area contributed by atoms with Crippen LogP contribution in [0.1, 0.15) is 0 Å². The van der Waals surface area contributed by atoms with Crippen LogP contribution in [0.4, 0.5) is 0 Å². The van der Waals surface area contributed by atoms with Crippen molar-refractivity contribution in [3.63, 3.8) is 0 Å². The topological polar surface area (TPSA) is 30.7 Å². The van der Waals surface area contributed by atoms with Crippen LogP contribution in [0.5, 0.6) is 0 Å². The fraction of sp³-hybridized carbons (Fsp3) is 0. The fourth-order valence-electron chi connectivity index (χ4n) is 2.36. The van der Waals surface area contributed by atoms with E-state index in [0.29, 0.717) is 15.8 Å². The number of aromatic nitrogens is 3. The standard InChI is InChI=1S/C16H9Cl2N3/c17-11-6-7-14-10(8-11)9-13-15(18)21(20-16(13)19-14)12-4-2-1-3-5-12/h1-9H. The van der Waals surface area contributed by atoms with Gasteiger partial charge in [0.25, 0.3) is 0 Å². The van der Waals surface area contributed by atoms with Crippen molar-refractivity contribution in [2.24, 2.45) is 0 Å². The van der Waals surface area contributed by atoms with Gasteiger partial charge in [0.15, 0.2) is 5.65 Å². The van der Waals surface area contributed by atoms with Crippen LogP contribution in [-0.2, 0) is 0 Å². The summed E-state index contributed by atoms with van der Waals surface area (Å²) in [5, 5.41) is 7.48. The maximum absolute atomic E-state index is 6.46. The molecule has 0 fully saturated rings. The maximum atomic E-state index is 6.46. The Morgan fingerprint density at radius 2 is 1.71 bits per heavy atom. The number of pyridine rings is 1. The zero-order chi connectivity index (χ0) is 14.4. The predicted molar refractivity (Wildman–Crippen MR) is 86.4 cm³/mol. The van der Waals surface area contributed by atoms with Crippen LogP contribution in [0.2, 0.25) is 10.2 Å². The molecule has 0 aliphatic carbocycles. The van der Waals surface area contributed by atoms with E-state index in [1.54, 1.807) is 4.68 Å². The molecule has 0 N–H and O–H groups in total. The first-order valence-electron chi connectivity index (χ1n) is 6.42. The highest BCUT2D eigenvalue weighted by molar-refractivity contribution is 6.35. The highest BCUT2D eigenvalue weighted by Gasteiger charge is 2.13. The van der Waals surface area contributed by atoms with E-state index in [0.717, 1.165) is 22.0 Å². The number of fused-ring (bicyclic) bond motifs is 2. The SMILES string of the molecule is Clc1ccc2nc3nn(-c4ccccc4)c(Cl)c3cc2c1. The Kier molecular flexibility index (Phi) is 2.84. The molecule has 4 aromatic rings. The van der Waals surface area contributed by atoms with Crippen molar-refractivity contribution in [2.45, 2.75) is 0 Å². The van der Waals surface area contributed by atoms with Crippen molar-refractivity contribution in [1.82, 2.24) is 14.8 Å². The van der Waals surface area contributed by atoms with Gasteiger partial charge in [0.05, 0.1) is 16.6 Å². The van der Waals surface area contributed by atoms with E-state index in [9.17, 15) is 0 Å². The maximum Gasteiger partial charge on any atom is 0.183 e. The minimum atomic E-state index is 0.547. The Morgan fingerprint density at radius 1 is 0.905 bits per heavy atom. The van der Waals surface area contributed by atoms with E-state index in [4.69, 9.17) is 23.2 Å². The van der Waals surface area contributed by atoms with E-state index in [1.165, 1.54) is 0 Å². The quantitative estimate of drug-likeness (QED) is 0.501. The number of para-hydroxylation sites is 1. The highest BCUT2D eigenvalue weighted by atomic mass is 35.5. The van der Waals surface area contributed by atoms with Gasteiger partial charge in [0.1, 0.15) is 5.15 Å². The number of rotatable bonds is 1. The lowest BCUT2D eigenvalue weighted by Gasteiger charge is -2.01. The van der Waals surface area contributed by atoms with Crippen molar-refractivity contribution in [3.05, 3.63) is 64.8 Å². The molecule has 0 spiro atoms. The summed E-state index contributed by atoms with van der Waals surface area (Å²) in [6, 6.07) is 17.3. The lowest BCUT2D eigenvalue weighted by molar-refractivity contribution is 0.891. The molecule has 0 saturated heterocycles. The van der Waals surface area contributed by atoms with Gasteiger partial charge in [-0.3, -0.25) is 0 Å². The number of hydrogen-bond acceptors (Lipinski definition) is 2. The Hall–Kier alpha value is -2.10. The molecule has 2 aromatic heterocycles. The molecular weight excluding hydrogens is 305 g/mol. The number of hydrogen-bond donors (Lipinski definition) is 0. The molecule has 21 heavy (non-hydrogen) atoms. The Balaban J connectivity index is 2.03. The van der Waals surface area contributed by atoms with Crippen molar-refractivity contribution in [1.29, 1.82) is 0 Å². The molecule has 0 saturated carbocycles. The number of benzene rings is 2. The second kappa shape index (κ2) is 4.72. The van der Waals surface area contributed by atoms with Gasteiger partial charge in [-0.15, -0.1) is 5.10 Å². The van der Waals surface area contributed by atoms with Crippen LogP contribution in [-0.4, -0.2) is 14.8 Å². The largest absolute Gasteiger partial charge is 0.226 e. The van der Waals surface area contributed by atoms with Gasteiger partial charge in [0.2, 0.25) is 0 Å². The fourth-order valence-corrected chi connectivity index (χ4v) is 2.81. The summed E-state index contributed by atoms with van der Waals surface area (Å²) in [6.07, 6.45) is 0. The summed E-state index contributed by atoms with van der Waals surface area (Å²) in [5.74, 6) is 0. The molecule has 0 aliphatic rings. The molecular formula is C16H9Cl2N3. The van der Waals surface area contributed by atoms with Gasteiger partial charge in [-0.05, 0) is 36.4 Å². The molecule has 4 rings (SSSR count). The summed E-state index contributed by atoms with van der Waals surface area (Å²) in [4.78, 5) is 4.55. The number of nitrogens with zero attached hydrogens (tertiary/aromatic N) is 3. The Morgan fingerprint density at radius 3 is 2.52 bits per heavy atom. The van der Waals surface area contributed by atoms with E-state index >= 15 is 0 Å². The zero-order valence-electron chi connectivity index (χ0n) is 10.8. The molecule has 2 aromatic carbocycles. The van der Waals surface area contributed by atoms with Gasteiger partial charge in [-0.25, -0.2) is 9.67 Å². The summed E-state index contributed by atoms with van der Waals surface area (Å²) >= 11 is 12.5. The Bertz CT molecular complexity index is 962. The van der Waals surface area contributed by atoms with Crippen molar-refractivity contribution in [2.75, 3.05) is 0 Å². The molecule has 0 amide bonds. The average Bonchev–Trinajstić information content (AvgIpc) is 2.83. The van der Waals surface area contributed by atoms with E-state index < -0.39 is 0 Å². The monoisotopic (exact) mass is 313 g/mol. The van der Waals surface area contributed by atoms with E-state index in [2.05, 4.69) is 10.1 Å². The minimum Gasteiger partial charge on any atom is -0.226 e. The third-order valence-electron chi connectivity index (χ3n) is 3.36. The first-order valence-corrected chi connectivity index (χ1v) is 7.18. The lowest BCUT2D eigenvalue weighted by Crippen LogP contribution is -1.95. The van der Waals surface area contributed by atoms with Gasteiger partial charge in [0, 0.05) is 10.4 Å². The molecule has 0 unspecified atom stereocenters. The molecule has 3 nitrogen and oxygen atoms in total. The normalized spacial score (nSPS) is 11.3. The second-order valence-corrected chi connectivity index (χ2v) is 5.53. The summed E-state index contributed by atoms with van der Waals surface area (Å²) in [7, 11) is 0. The molecule has 0 atom stereocenters. The molecule has 0 aliphatic heterocycles. The van der Waals surface area contributed by atoms with Crippen molar-refractivity contribution >= 4 is 45.1 Å². The van der Waals surface area contributed by atoms with E-state index in [1.807, 2.05) is 54.6 Å². The lowest BCUT2D eigenvalue weighted by atomic mass is 10.2. The summed E-state index contributed by atoms with van der Waals surface area (Å²) in [6.45, 7) is 0. The molecule has 0 bridgehead atoms. The zero-order valence-corrected chi connectivity index (χ0v) is 12.3. The van der Waals surface area contributed by atoms with Crippen LogP contribution in [0, 0.1) is 0 Å². The van der Waals surface area contributed by atoms with Crippen LogP contribution >= 0.6 is 23.2 Å². The first kappa shape index (κ1) is 12.6. The van der Waals surface area contributed by atoms with Crippen molar-refractivity contribution < 1.29 is 0 Å². The third-order valence-corrected chi connectivity index (χ3v) is 3.96. The van der Waals surface area contributed by atoms with Gasteiger partial charge in [-0.1, -0.05) is 41.4 Å². The molecule has 0 radical (unpaired) electrons. The third kappa shape index (κ3) is 2.06. The molecule has 5 heteroatoms. The molecule has 102 valence electrons. The van der Waals surface area contributed by atoms with Gasteiger partial charge >= 0.3 is 0 Å². The van der Waals surface area contributed by atoms with Gasteiger partial charge < -0.3 is 0 Å². The Labute approximate surface area is 130 Å².